The zero-order chi connectivity index (χ0) is 17.8. The molecule has 3 heteroatoms. The lowest BCUT2D eigenvalue weighted by Crippen LogP contribution is -2.40. The summed E-state index contributed by atoms with van der Waals surface area (Å²) in [7, 11) is 0. The fourth-order valence-corrected chi connectivity index (χ4v) is 4.06. The molecule has 3 nitrogen and oxygen atoms in total. The van der Waals surface area contributed by atoms with Gasteiger partial charge in [-0.2, -0.15) is 0 Å². The summed E-state index contributed by atoms with van der Waals surface area (Å²) >= 11 is 0. The highest BCUT2D eigenvalue weighted by atomic mass is 16.5. The highest BCUT2D eigenvalue weighted by molar-refractivity contribution is 5.96. The molecule has 0 radical (unpaired) electrons. The van der Waals surface area contributed by atoms with E-state index >= 15 is 0 Å². The lowest BCUT2D eigenvalue weighted by atomic mass is 9.78. The largest absolute Gasteiger partial charge is 0.490 e. The Morgan fingerprint density at radius 3 is 2.23 bits per heavy atom. The minimum atomic E-state index is 0.0972. The van der Waals surface area contributed by atoms with Crippen LogP contribution < -0.4 is 10.1 Å². The molecule has 2 fully saturated rings. The third kappa shape index (κ3) is 3.92. The third-order valence-electron chi connectivity index (χ3n) is 5.81. The van der Waals surface area contributed by atoms with Crippen molar-refractivity contribution in [1.29, 1.82) is 0 Å². The zero-order valence-corrected chi connectivity index (χ0v) is 15.2. The average molecular weight is 349 g/mol. The Labute approximate surface area is 155 Å². The van der Waals surface area contributed by atoms with Crippen LogP contribution in [-0.2, 0) is 0 Å². The Hall–Kier alpha value is -2.29. The van der Waals surface area contributed by atoms with Gasteiger partial charge >= 0.3 is 0 Å². The van der Waals surface area contributed by atoms with Gasteiger partial charge < -0.3 is 10.1 Å². The van der Waals surface area contributed by atoms with Crippen LogP contribution >= 0.6 is 0 Å². The van der Waals surface area contributed by atoms with E-state index in [2.05, 4.69) is 17.4 Å². The van der Waals surface area contributed by atoms with Crippen LogP contribution in [0.5, 0.6) is 5.75 Å². The van der Waals surface area contributed by atoms with Gasteiger partial charge in [-0.15, -0.1) is 0 Å². The van der Waals surface area contributed by atoms with E-state index < -0.39 is 0 Å². The molecule has 4 rings (SSSR count). The predicted molar refractivity (Wildman–Crippen MR) is 104 cm³/mol. The number of para-hydroxylation sites is 1. The standard InChI is InChI=1S/C23H27NO2/c25-23(22-12-5-4-11-21(22)17-7-6-8-17)24-18-13-15-20(16-14-18)26-19-9-2-1-3-10-19/h1-5,9-12,17-18,20H,6-8,13-16H2,(H,24,25). The Kier molecular flexibility index (Phi) is 5.24. The minimum Gasteiger partial charge on any atom is -0.490 e. The summed E-state index contributed by atoms with van der Waals surface area (Å²) in [6.07, 6.45) is 7.91. The maximum Gasteiger partial charge on any atom is 0.251 e. The first kappa shape index (κ1) is 17.1. The molecule has 0 unspecified atom stereocenters. The lowest BCUT2D eigenvalue weighted by Gasteiger charge is -2.31. The fourth-order valence-electron chi connectivity index (χ4n) is 4.06. The molecule has 2 aliphatic rings. The highest BCUT2D eigenvalue weighted by Gasteiger charge is 2.27. The third-order valence-corrected chi connectivity index (χ3v) is 5.81. The van der Waals surface area contributed by atoms with E-state index in [1.807, 2.05) is 42.5 Å². The second-order valence-electron chi connectivity index (χ2n) is 7.59. The summed E-state index contributed by atoms with van der Waals surface area (Å²) in [5.41, 5.74) is 2.11. The van der Waals surface area contributed by atoms with Gasteiger partial charge in [0.15, 0.2) is 0 Å². The quantitative estimate of drug-likeness (QED) is 0.818. The number of ether oxygens (including phenoxy) is 1. The lowest BCUT2D eigenvalue weighted by molar-refractivity contribution is 0.0892. The number of rotatable bonds is 5. The number of hydrogen-bond acceptors (Lipinski definition) is 2. The number of amides is 1. The smallest absolute Gasteiger partial charge is 0.251 e. The molecule has 2 saturated carbocycles. The SMILES string of the molecule is O=C(NC1CCC(Oc2ccccc2)CC1)c1ccccc1C1CCC1. The van der Waals surface area contributed by atoms with Gasteiger partial charge in [0.05, 0.1) is 6.10 Å². The molecule has 0 bridgehead atoms. The number of nitrogens with one attached hydrogen (secondary N) is 1. The molecule has 1 N–H and O–H groups in total. The second-order valence-corrected chi connectivity index (χ2v) is 7.59. The average Bonchev–Trinajstić information content (AvgIpc) is 2.63. The van der Waals surface area contributed by atoms with Crippen molar-refractivity contribution in [2.45, 2.75) is 63.0 Å². The molecule has 0 aliphatic heterocycles. The van der Waals surface area contributed by atoms with Gasteiger partial charge in [-0.1, -0.05) is 42.8 Å². The highest BCUT2D eigenvalue weighted by Crippen LogP contribution is 2.38. The molecule has 0 spiro atoms. The van der Waals surface area contributed by atoms with Crippen LogP contribution in [0.15, 0.2) is 54.6 Å². The normalized spacial score (nSPS) is 23.1. The van der Waals surface area contributed by atoms with Crippen LogP contribution in [0, 0.1) is 0 Å². The predicted octanol–water partition coefficient (Wildman–Crippen LogP) is 5.07. The van der Waals surface area contributed by atoms with E-state index in [4.69, 9.17) is 4.74 Å². The van der Waals surface area contributed by atoms with E-state index in [0.717, 1.165) is 37.0 Å². The van der Waals surface area contributed by atoms with Crippen LogP contribution in [0.4, 0.5) is 0 Å². The van der Waals surface area contributed by atoms with Crippen molar-refractivity contribution < 1.29 is 9.53 Å². The molecule has 2 aromatic carbocycles. The van der Waals surface area contributed by atoms with Gasteiger partial charge in [0.25, 0.3) is 5.91 Å². The van der Waals surface area contributed by atoms with Crippen molar-refractivity contribution in [3.8, 4) is 5.75 Å². The Morgan fingerprint density at radius 2 is 1.54 bits per heavy atom. The van der Waals surface area contributed by atoms with Gasteiger partial charge in [-0.3, -0.25) is 4.79 Å². The van der Waals surface area contributed by atoms with Gasteiger partial charge in [0.2, 0.25) is 0 Å². The Bertz CT molecular complexity index is 731. The maximum absolute atomic E-state index is 12.8. The second kappa shape index (κ2) is 7.94. The van der Waals surface area contributed by atoms with Gasteiger partial charge in [0, 0.05) is 11.6 Å². The molecule has 2 aromatic rings. The number of hydrogen-bond donors (Lipinski definition) is 1. The first-order valence-electron chi connectivity index (χ1n) is 9.91. The topological polar surface area (TPSA) is 38.3 Å². The Morgan fingerprint density at radius 1 is 0.846 bits per heavy atom. The molecular weight excluding hydrogens is 322 g/mol. The monoisotopic (exact) mass is 349 g/mol. The first-order valence-corrected chi connectivity index (χ1v) is 9.91. The summed E-state index contributed by atoms with van der Waals surface area (Å²) < 4.78 is 6.05. The molecule has 2 aliphatic carbocycles. The summed E-state index contributed by atoms with van der Waals surface area (Å²) in [6.45, 7) is 0. The Balaban J connectivity index is 1.31. The van der Waals surface area contributed by atoms with Crippen molar-refractivity contribution in [3.05, 3.63) is 65.7 Å². The number of carbonyl (C=O) groups excluding carboxylic acids is 1. The van der Waals surface area contributed by atoms with Crippen LogP contribution in [0.2, 0.25) is 0 Å². The minimum absolute atomic E-state index is 0.0972. The van der Waals surface area contributed by atoms with Gasteiger partial charge in [-0.05, 0) is 68.2 Å². The van der Waals surface area contributed by atoms with E-state index in [1.165, 1.54) is 24.8 Å². The molecule has 0 heterocycles. The van der Waals surface area contributed by atoms with Crippen molar-refractivity contribution in [2.24, 2.45) is 0 Å². The molecule has 0 aromatic heterocycles. The molecule has 1 amide bonds. The van der Waals surface area contributed by atoms with Crippen molar-refractivity contribution in [2.75, 3.05) is 0 Å². The van der Waals surface area contributed by atoms with Crippen molar-refractivity contribution >= 4 is 5.91 Å². The first-order chi connectivity index (χ1) is 12.8. The van der Waals surface area contributed by atoms with E-state index in [-0.39, 0.29) is 18.1 Å². The van der Waals surface area contributed by atoms with Crippen LogP contribution in [0.25, 0.3) is 0 Å². The molecule has 26 heavy (non-hydrogen) atoms. The molecular formula is C23H27NO2. The summed E-state index contributed by atoms with van der Waals surface area (Å²) in [4.78, 5) is 12.8. The number of carbonyl (C=O) groups is 1. The summed E-state index contributed by atoms with van der Waals surface area (Å²) in [5.74, 6) is 1.61. The van der Waals surface area contributed by atoms with Gasteiger partial charge in [-0.25, -0.2) is 0 Å². The van der Waals surface area contributed by atoms with Crippen LogP contribution in [0.3, 0.4) is 0 Å². The van der Waals surface area contributed by atoms with Crippen LogP contribution in [0.1, 0.15) is 66.8 Å². The maximum atomic E-state index is 12.8. The van der Waals surface area contributed by atoms with E-state index in [9.17, 15) is 4.79 Å². The van der Waals surface area contributed by atoms with Crippen LogP contribution in [-0.4, -0.2) is 18.1 Å². The summed E-state index contributed by atoms with van der Waals surface area (Å²) in [6, 6.07) is 18.4. The van der Waals surface area contributed by atoms with Crippen molar-refractivity contribution in [1.82, 2.24) is 5.32 Å². The molecule has 136 valence electrons. The zero-order valence-electron chi connectivity index (χ0n) is 15.2. The van der Waals surface area contributed by atoms with Crippen molar-refractivity contribution in [3.63, 3.8) is 0 Å². The van der Waals surface area contributed by atoms with E-state index in [1.54, 1.807) is 0 Å². The fraction of sp³-hybridized carbons (Fsp3) is 0.435. The molecule has 0 atom stereocenters. The molecule has 0 saturated heterocycles. The summed E-state index contributed by atoms with van der Waals surface area (Å²) in [5, 5.41) is 3.27. The van der Waals surface area contributed by atoms with Gasteiger partial charge in [0.1, 0.15) is 5.75 Å². The van der Waals surface area contributed by atoms with E-state index in [0.29, 0.717) is 5.92 Å². The number of benzene rings is 2.